The molecule has 2 aliphatic rings. The Morgan fingerprint density at radius 2 is 2.04 bits per heavy atom. The van der Waals surface area contributed by atoms with Crippen LogP contribution in [0.5, 0.6) is 0 Å². The molecule has 23 heavy (non-hydrogen) atoms. The van der Waals surface area contributed by atoms with Crippen molar-refractivity contribution in [2.24, 2.45) is 0 Å². The lowest BCUT2D eigenvalue weighted by Crippen LogP contribution is -2.58. The van der Waals surface area contributed by atoms with E-state index in [2.05, 4.69) is 20.8 Å². The number of aryl methyl sites for hydroxylation is 1. The van der Waals surface area contributed by atoms with Crippen LogP contribution < -0.4 is 10.6 Å². The molecule has 1 fully saturated rings. The molecule has 2 aromatic rings. The summed E-state index contributed by atoms with van der Waals surface area (Å²) in [6.45, 7) is 2.02. The zero-order chi connectivity index (χ0) is 15.9. The molecule has 6 nitrogen and oxygen atoms in total. The van der Waals surface area contributed by atoms with Crippen molar-refractivity contribution in [2.75, 3.05) is 5.32 Å². The van der Waals surface area contributed by atoms with E-state index in [1.807, 2.05) is 31.2 Å². The van der Waals surface area contributed by atoms with Crippen molar-refractivity contribution < 1.29 is 9.32 Å². The van der Waals surface area contributed by atoms with Crippen LogP contribution in [0.25, 0.3) is 0 Å². The third-order valence-electron chi connectivity index (χ3n) is 4.89. The Balaban J connectivity index is 1.50. The Morgan fingerprint density at radius 3 is 2.78 bits per heavy atom. The number of hydrogen-bond donors (Lipinski definition) is 2. The lowest BCUT2D eigenvalue weighted by Gasteiger charge is -2.44. The Bertz CT molecular complexity index is 732. The molecule has 0 unspecified atom stereocenters. The summed E-state index contributed by atoms with van der Waals surface area (Å²) in [5.41, 5.74) is 1.28. The fourth-order valence-electron chi connectivity index (χ4n) is 3.55. The van der Waals surface area contributed by atoms with E-state index in [0.717, 1.165) is 49.5 Å². The summed E-state index contributed by atoms with van der Waals surface area (Å²) in [5, 5.41) is 10.7. The number of nitrogens with zero attached hydrogens (tertiary/aromatic N) is 2. The third kappa shape index (κ3) is 2.48. The van der Waals surface area contributed by atoms with Crippen LogP contribution in [-0.2, 0) is 6.42 Å². The van der Waals surface area contributed by atoms with Crippen LogP contribution in [0.4, 0.5) is 5.69 Å². The molecule has 2 N–H and O–H groups in total. The van der Waals surface area contributed by atoms with Crippen molar-refractivity contribution in [1.82, 2.24) is 15.5 Å². The average molecular weight is 312 g/mol. The minimum Gasteiger partial charge on any atom is -0.362 e. The normalized spacial score (nSPS) is 26.5. The molecule has 1 aliphatic heterocycles. The minimum absolute atomic E-state index is 0.00357. The molecule has 1 aromatic heterocycles. The van der Waals surface area contributed by atoms with E-state index in [9.17, 15) is 4.79 Å². The number of amides is 1. The Hall–Kier alpha value is -2.37. The molecule has 1 spiro atoms. The SMILES string of the molecule is CCc1noc(C2CCC3(CC2)NC(=O)c2ccccc2N3)n1. The number of carbonyl (C=O) groups excluding carboxylic acids is 1. The molecular weight excluding hydrogens is 292 g/mol. The number of hydrogen-bond acceptors (Lipinski definition) is 5. The smallest absolute Gasteiger partial charge is 0.255 e. The van der Waals surface area contributed by atoms with Crippen molar-refractivity contribution in [3.63, 3.8) is 0 Å². The quantitative estimate of drug-likeness (QED) is 0.891. The lowest BCUT2D eigenvalue weighted by molar-refractivity contribution is 0.0867. The van der Waals surface area contributed by atoms with Gasteiger partial charge >= 0.3 is 0 Å². The number of carbonyl (C=O) groups is 1. The predicted molar refractivity (Wildman–Crippen MR) is 85.1 cm³/mol. The first-order valence-corrected chi connectivity index (χ1v) is 8.21. The number of rotatable bonds is 2. The van der Waals surface area contributed by atoms with Gasteiger partial charge < -0.3 is 15.2 Å². The standard InChI is InChI=1S/C17H20N4O2/c1-2-14-18-16(23-21-14)11-7-9-17(10-8-11)19-13-6-4-3-5-12(13)15(22)20-17/h3-6,11,19H,2,7-10H2,1H3,(H,20,22). The van der Waals surface area contributed by atoms with Crippen molar-refractivity contribution >= 4 is 11.6 Å². The fraction of sp³-hybridized carbons (Fsp3) is 0.471. The monoisotopic (exact) mass is 312 g/mol. The van der Waals surface area contributed by atoms with Crippen LogP contribution in [0, 0.1) is 0 Å². The summed E-state index contributed by atoms with van der Waals surface area (Å²) in [6.07, 6.45) is 4.32. The van der Waals surface area contributed by atoms with Gasteiger partial charge in [0.25, 0.3) is 5.91 Å². The maximum absolute atomic E-state index is 12.4. The zero-order valence-corrected chi connectivity index (χ0v) is 13.1. The molecule has 2 heterocycles. The van der Waals surface area contributed by atoms with Crippen LogP contribution >= 0.6 is 0 Å². The Kier molecular flexibility index (Phi) is 3.32. The number of anilines is 1. The Morgan fingerprint density at radius 1 is 1.26 bits per heavy atom. The largest absolute Gasteiger partial charge is 0.362 e. The van der Waals surface area contributed by atoms with Gasteiger partial charge in [0.1, 0.15) is 5.66 Å². The molecule has 6 heteroatoms. The van der Waals surface area contributed by atoms with Gasteiger partial charge in [-0.3, -0.25) is 4.79 Å². The van der Waals surface area contributed by atoms with E-state index >= 15 is 0 Å². The van der Waals surface area contributed by atoms with E-state index in [1.165, 1.54) is 0 Å². The van der Waals surface area contributed by atoms with Crippen molar-refractivity contribution in [2.45, 2.75) is 50.6 Å². The second-order valence-corrected chi connectivity index (χ2v) is 6.38. The average Bonchev–Trinajstić information content (AvgIpc) is 3.05. The molecule has 0 radical (unpaired) electrons. The summed E-state index contributed by atoms with van der Waals surface area (Å²) in [4.78, 5) is 16.8. The first kappa shape index (κ1) is 14.2. The summed E-state index contributed by atoms with van der Waals surface area (Å²) < 4.78 is 5.38. The van der Waals surface area contributed by atoms with Crippen LogP contribution in [-0.4, -0.2) is 21.7 Å². The van der Waals surface area contributed by atoms with Gasteiger partial charge in [0.2, 0.25) is 5.89 Å². The van der Waals surface area contributed by atoms with Crippen molar-refractivity contribution in [3.05, 3.63) is 41.5 Å². The first-order valence-electron chi connectivity index (χ1n) is 8.21. The molecule has 1 aromatic carbocycles. The van der Waals surface area contributed by atoms with Crippen LogP contribution in [0.1, 0.15) is 60.6 Å². The molecule has 0 saturated heterocycles. The predicted octanol–water partition coefficient (Wildman–Crippen LogP) is 2.84. The number of fused-ring (bicyclic) bond motifs is 1. The maximum atomic E-state index is 12.4. The topological polar surface area (TPSA) is 80.0 Å². The fourth-order valence-corrected chi connectivity index (χ4v) is 3.55. The second kappa shape index (κ2) is 5.37. The molecule has 0 bridgehead atoms. The molecular formula is C17H20N4O2. The van der Waals surface area contributed by atoms with E-state index < -0.39 is 0 Å². The summed E-state index contributed by atoms with van der Waals surface area (Å²) in [7, 11) is 0. The van der Waals surface area contributed by atoms with Crippen LogP contribution in [0.15, 0.2) is 28.8 Å². The van der Waals surface area contributed by atoms with E-state index in [-0.39, 0.29) is 17.5 Å². The zero-order valence-electron chi connectivity index (χ0n) is 13.1. The lowest BCUT2D eigenvalue weighted by atomic mass is 9.80. The highest BCUT2D eigenvalue weighted by Crippen LogP contribution is 2.40. The number of nitrogens with one attached hydrogen (secondary N) is 2. The van der Waals surface area contributed by atoms with Gasteiger partial charge in [-0.15, -0.1) is 0 Å². The molecule has 4 rings (SSSR count). The minimum atomic E-state index is -0.352. The van der Waals surface area contributed by atoms with Crippen LogP contribution in [0.2, 0.25) is 0 Å². The molecule has 1 saturated carbocycles. The Labute approximate surface area is 134 Å². The van der Waals surface area contributed by atoms with E-state index in [4.69, 9.17) is 4.52 Å². The van der Waals surface area contributed by atoms with Gasteiger partial charge in [-0.1, -0.05) is 24.2 Å². The highest BCUT2D eigenvalue weighted by molar-refractivity contribution is 6.02. The first-order chi connectivity index (χ1) is 11.2. The second-order valence-electron chi connectivity index (χ2n) is 6.38. The number of aromatic nitrogens is 2. The molecule has 1 aliphatic carbocycles. The van der Waals surface area contributed by atoms with Gasteiger partial charge in [0.05, 0.1) is 5.56 Å². The van der Waals surface area contributed by atoms with E-state index in [1.54, 1.807) is 0 Å². The summed E-state index contributed by atoms with van der Waals surface area (Å²) >= 11 is 0. The summed E-state index contributed by atoms with van der Waals surface area (Å²) in [5.74, 6) is 1.78. The summed E-state index contributed by atoms with van der Waals surface area (Å²) in [6, 6.07) is 7.65. The number of benzene rings is 1. The maximum Gasteiger partial charge on any atom is 0.255 e. The van der Waals surface area contributed by atoms with Gasteiger partial charge in [0.15, 0.2) is 5.82 Å². The van der Waals surface area contributed by atoms with E-state index in [0.29, 0.717) is 5.56 Å². The van der Waals surface area contributed by atoms with Gasteiger partial charge in [-0.25, -0.2) is 0 Å². The molecule has 0 atom stereocenters. The van der Waals surface area contributed by atoms with Crippen molar-refractivity contribution in [1.29, 1.82) is 0 Å². The molecule has 120 valence electrons. The third-order valence-corrected chi connectivity index (χ3v) is 4.89. The molecule has 1 amide bonds. The van der Waals surface area contributed by atoms with Crippen molar-refractivity contribution in [3.8, 4) is 0 Å². The highest BCUT2D eigenvalue weighted by Gasteiger charge is 2.41. The number of para-hydroxylation sites is 1. The van der Waals surface area contributed by atoms with Gasteiger partial charge in [0, 0.05) is 18.0 Å². The van der Waals surface area contributed by atoms with Gasteiger partial charge in [-0.05, 0) is 37.8 Å². The highest BCUT2D eigenvalue weighted by atomic mass is 16.5. The van der Waals surface area contributed by atoms with Gasteiger partial charge in [-0.2, -0.15) is 4.98 Å². The van der Waals surface area contributed by atoms with Crippen LogP contribution in [0.3, 0.4) is 0 Å².